The molecule has 4 nitrogen and oxygen atoms in total. The number of nitrogens with zero attached hydrogens (tertiary/aromatic N) is 2. The number of hydrogen-bond acceptors (Lipinski definition) is 3. The summed E-state index contributed by atoms with van der Waals surface area (Å²) in [5, 5.41) is 0. The van der Waals surface area contributed by atoms with E-state index in [1.807, 2.05) is 11.9 Å². The number of primary amides is 1. The van der Waals surface area contributed by atoms with Gasteiger partial charge in [0.2, 0.25) is 5.91 Å². The standard InChI is InChI=1S/C9H19N3O/c1-11(7-9(10)13)6-8-4-3-5-12(8)2/h8H,3-7H2,1-2H3,(H2,10,13). The minimum Gasteiger partial charge on any atom is -0.369 e. The monoisotopic (exact) mass is 185 g/mol. The van der Waals surface area contributed by atoms with Crippen molar-refractivity contribution in [2.45, 2.75) is 18.9 Å². The maximum absolute atomic E-state index is 10.6. The molecule has 4 heteroatoms. The van der Waals surface area contributed by atoms with Crippen LogP contribution in [0.25, 0.3) is 0 Å². The summed E-state index contributed by atoms with van der Waals surface area (Å²) in [6, 6.07) is 0.601. The number of amides is 1. The first-order chi connectivity index (χ1) is 6.09. The van der Waals surface area contributed by atoms with Gasteiger partial charge in [-0.15, -0.1) is 0 Å². The lowest BCUT2D eigenvalue weighted by atomic mass is 10.2. The Hall–Kier alpha value is -0.610. The molecule has 0 spiro atoms. The molecule has 1 rings (SSSR count). The van der Waals surface area contributed by atoms with Gasteiger partial charge in [0, 0.05) is 12.6 Å². The van der Waals surface area contributed by atoms with E-state index in [4.69, 9.17) is 5.73 Å². The van der Waals surface area contributed by atoms with Crippen molar-refractivity contribution in [1.29, 1.82) is 0 Å². The van der Waals surface area contributed by atoms with Crippen LogP contribution in [-0.2, 0) is 4.79 Å². The van der Waals surface area contributed by atoms with Gasteiger partial charge in [0.1, 0.15) is 0 Å². The Morgan fingerprint density at radius 3 is 2.85 bits per heavy atom. The zero-order valence-corrected chi connectivity index (χ0v) is 8.49. The van der Waals surface area contributed by atoms with Gasteiger partial charge in [-0.1, -0.05) is 0 Å². The van der Waals surface area contributed by atoms with Crippen molar-refractivity contribution in [1.82, 2.24) is 9.80 Å². The molecule has 13 heavy (non-hydrogen) atoms. The van der Waals surface area contributed by atoms with Gasteiger partial charge in [0.15, 0.2) is 0 Å². The third-order valence-corrected chi connectivity index (χ3v) is 2.62. The Morgan fingerprint density at radius 1 is 1.69 bits per heavy atom. The summed E-state index contributed by atoms with van der Waals surface area (Å²) in [7, 11) is 4.08. The number of hydrogen-bond donors (Lipinski definition) is 1. The Kier molecular flexibility index (Phi) is 3.69. The zero-order valence-electron chi connectivity index (χ0n) is 8.49. The molecular formula is C9H19N3O. The Balaban J connectivity index is 2.26. The molecule has 1 saturated heterocycles. The van der Waals surface area contributed by atoms with Gasteiger partial charge in [-0.2, -0.15) is 0 Å². The van der Waals surface area contributed by atoms with Crippen molar-refractivity contribution in [3.63, 3.8) is 0 Å². The van der Waals surface area contributed by atoms with E-state index >= 15 is 0 Å². The lowest BCUT2D eigenvalue weighted by Crippen LogP contribution is -2.40. The maximum Gasteiger partial charge on any atom is 0.231 e. The molecule has 1 fully saturated rings. The molecule has 1 amide bonds. The quantitative estimate of drug-likeness (QED) is 0.642. The van der Waals surface area contributed by atoms with Crippen LogP contribution in [0.15, 0.2) is 0 Å². The summed E-state index contributed by atoms with van der Waals surface area (Å²) in [4.78, 5) is 15.0. The summed E-state index contributed by atoms with van der Waals surface area (Å²) in [5.74, 6) is -0.247. The van der Waals surface area contributed by atoms with Crippen LogP contribution >= 0.6 is 0 Å². The fourth-order valence-corrected chi connectivity index (χ4v) is 1.90. The molecule has 0 aliphatic carbocycles. The van der Waals surface area contributed by atoms with Gasteiger partial charge < -0.3 is 10.6 Å². The molecule has 1 aliphatic heterocycles. The van der Waals surface area contributed by atoms with Crippen LogP contribution in [0.1, 0.15) is 12.8 Å². The smallest absolute Gasteiger partial charge is 0.231 e. The molecule has 0 aromatic heterocycles. The summed E-state index contributed by atoms with van der Waals surface area (Å²) in [6.45, 7) is 2.48. The van der Waals surface area contributed by atoms with Crippen molar-refractivity contribution in [3.8, 4) is 0 Å². The van der Waals surface area contributed by atoms with E-state index < -0.39 is 0 Å². The minimum atomic E-state index is -0.247. The summed E-state index contributed by atoms with van der Waals surface area (Å²) in [6.07, 6.45) is 2.51. The van der Waals surface area contributed by atoms with Crippen molar-refractivity contribution in [2.75, 3.05) is 33.7 Å². The van der Waals surface area contributed by atoms with Gasteiger partial charge >= 0.3 is 0 Å². The van der Waals surface area contributed by atoms with Crippen LogP contribution in [0.2, 0.25) is 0 Å². The lowest BCUT2D eigenvalue weighted by molar-refractivity contribution is -0.118. The molecule has 0 aromatic rings. The highest BCUT2D eigenvalue weighted by atomic mass is 16.1. The van der Waals surface area contributed by atoms with Crippen LogP contribution < -0.4 is 5.73 Å². The van der Waals surface area contributed by atoms with E-state index in [-0.39, 0.29) is 5.91 Å². The van der Waals surface area contributed by atoms with E-state index in [1.165, 1.54) is 19.4 Å². The number of carbonyl (C=O) groups excluding carboxylic acids is 1. The second kappa shape index (κ2) is 4.58. The van der Waals surface area contributed by atoms with Crippen molar-refractivity contribution in [3.05, 3.63) is 0 Å². The first-order valence-corrected chi connectivity index (χ1v) is 4.76. The van der Waals surface area contributed by atoms with E-state index in [1.54, 1.807) is 0 Å². The number of nitrogens with two attached hydrogens (primary N) is 1. The van der Waals surface area contributed by atoms with E-state index in [0.717, 1.165) is 6.54 Å². The largest absolute Gasteiger partial charge is 0.369 e. The van der Waals surface area contributed by atoms with Crippen LogP contribution in [0, 0.1) is 0 Å². The lowest BCUT2D eigenvalue weighted by Gasteiger charge is -2.24. The average molecular weight is 185 g/mol. The Labute approximate surface area is 79.7 Å². The predicted octanol–water partition coefficient (Wildman–Crippen LogP) is -0.502. The van der Waals surface area contributed by atoms with Crippen LogP contribution in [0.5, 0.6) is 0 Å². The molecule has 2 N–H and O–H groups in total. The minimum absolute atomic E-state index is 0.247. The molecule has 0 radical (unpaired) electrons. The summed E-state index contributed by atoms with van der Waals surface area (Å²) < 4.78 is 0. The molecule has 1 unspecified atom stereocenters. The molecule has 0 aromatic carbocycles. The van der Waals surface area contributed by atoms with E-state index in [2.05, 4.69) is 11.9 Å². The van der Waals surface area contributed by atoms with Crippen molar-refractivity contribution >= 4 is 5.91 Å². The highest BCUT2D eigenvalue weighted by Gasteiger charge is 2.22. The van der Waals surface area contributed by atoms with Gasteiger partial charge in [0.25, 0.3) is 0 Å². The molecule has 1 atom stereocenters. The van der Waals surface area contributed by atoms with Crippen LogP contribution in [0.3, 0.4) is 0 Å². The summed E-state index contributed by atoms with van der Waals surface area (Å²) >= 11 is 0. The van der Waals surface area contributed by atoms with Crippen LogP contribution in [0.4, 0.5) is 0 Å². The van der Waals surface area contributed by atoms with Gasteiger partial charge in [-0.25, -0.2) is 0 Å². The maximum atomic E-state index is 10.6. The summed E-state index contributed by atoms with van der Waals surface area (Å²) in [5.41, 5.74) is 5.11. The second-order valence-electron chi connectivity index (χ2n) is 3.94. The number of rotatable bonds is 4. The topological polar surface area (TPSA) is 49.6 Å². The SMILES string of the molecule is CN(CC(N)=O)CC1CCCN1C. The van der Waals surface area contributed by atoms with E-state index in [9.17, 15) is 4.79 Å². The van der Waals surface area contributed by atoms with Crippen molar-refractivity contribution in [2.24, 2.45) is 5.73 Å². The molecule has 1 heterocycles. The second-order valence-corrected chi connectivity index (χ2v) is 3.94. The normalized spacial score (nSPS) is 24.1. The average Bonchev–Trinajstić information content (AvgIpc) is 2.34. The highest BCUT2D eigenvalue weighted by Crippen LogP contribution is 2.14. The first-order valence-electron chi connectivity index (χ1n) is 4.76. The van der Waals surface area contributed by atoms with Crippen molar-refractivity contribution < 1.29 is 4.79 Å². The Morgan fingerprint density at radius 2 is 2.38 bits per heavy atom. The zero-order chi connectivity index (χ0) is 9.84. The van der Waals surface area contributed by atoms with Crippen LogP contribution in [-0.4, -0.2) is 55.5 Å². The molecule has 0 bridgehead atoms. The first kappa shape index (κ1) is 10.5. The third kappa shape index (κ3) is 3.32. The van der Waals surface area contributed by atoms with Gasteiger partial charge in [0.05, 0.1) is 6.54 Å². The van der Waals surface area contributed by atoms with Gasteiger partial charge in [-0.3, -0.25) is 9.69 Å². The predicted molar refractivity (Wildman–Crippen MR) is 52.3 cm³/mol. The highest BCUT2D eigenvalue weighted by molar-refractivity contribution is 5.75. The van der Waals surface area contributed by atoms with E-state index in [0.29, 0.717) is 12.6 Å². The number of likely N-dealkylation sites (tertiary alicyclic amines) is 1. The third-order valence-electron chi connectivity index (χ3n) is 2.62. The number of carbonyl (C=O) groups is 1. The fourth-order valence-electron chi connectivity index (χ4n) is 1.90. The Bertz CT molecular complexity index is 184. The molecule has 0 saturated carbocycles. The molecular weight excluding hydrogens is 166 g/mol. The molecule has 76 valence electrons. The number of likely N-dealkylation sites (N-methyl/N-ethyl adjacent to an activating group) is 2. The molecule has 1 aliphatic rings. The fraction of sp³-hybridized carbons (Fsp3) is 0.889. The van der Waals surface area contributed by atoms with Gasteiger partial charge in [-0.05, 0) is 33.5 Å².